The molecule has 1 atom stereocenters. The molecular formula is C23H25BrF2N4O2. The van der Waals surface area contributed by atoms with Crippen LogP contribution in [0.2, 0.25) is 0 Å². The highest BCUT2D eigenvalue weighted by molar-refractivity contribution is 9.10. The summed E-state index contributed by atoms with van der Waals surface area (Å²) < 4.78 is 35.7. The number of hydrogen-bond donors (Lipinski definition) is 0. The zero-order valence-electron chi connectivity index (χ0n) is 18.4. The van der Waals surface area contributed by atoms with Gasteiger partial charge in [0.15, 0.2) is 0 Å². The minimum Gasteiger partial charge on any atom is -0.444 e. The van der Waals surface area contributed by atoms with Gasteiger partial charge in [-0.2, -0.15) is 0 Å². The van der Waals surface area contributed by atoms with Crippen molar-refractivity contribution in [3.05, 3.63) is 52.8 Å². The van der Waals surface area contributed by atoms with Gasteiger partial charge in [0.2, 0.25) is 0 Å². The standard InChI is InChI=1S/C23H25BrF2N4O2/c1-14-12-28(7-8-29(14)22(31)32-23(2,3)4)21-20-18(24)13-30(19(20)5-6-27-21)17-10-15(25)9-16(26)11-17/h5-6,9-11,13-14H,7-8,12H2,1-4H3. The monoisotopic (exact) mass is 506 g/mol. The molecular weight excluding hydrogens is 482 g/mol. The summed E-state index contributed by atoms with van der Waals surface area (Å²) in [6, 6.07) is 5.16. The number of aromatic nitrogens is 2. The molecule has 0 spiro atoms. The lowest BCUT2D eigenvalue weighted by molar-refractivity contribution is 0.0159. The number of piperazine rings is 1. The highest BCUT2D eigenvalue weighted by atomic mass is 79.9. The molecule has 1 amide bonds. The van der Waals surface area contributed by atoms with Crippen molar-refractivity contribution in [2.45, 2.75) is 39.3 Å². The first kappa shape index (κ1) is 22.5. The second-order valence-corrected chi connectivity index (χ2v) is 9.83. The predicted molar refractivity (Wildman–Crippen MR) is 123 cm³/mol. The van der Waals surface area contributed by atoms with Crippen LogP contribution in [-0.2, 0) is 4.74 Å². The number of amides is 1. The minimum absolute atomic E-state index is 0.0752. The molecule has 1 saturated heterocycles. The molecule has 6 nitrogen and oxygen atoms in total. The second-order valence-electron chi connectivity index (χ2n) is 8.97. The molecule has 2 aromatic heterocycles. The smallest absolute Gasteiger partial charge is 0.410 e. The Morgan fingerprint density at radius 1 is 1.19 bits per heavy atom. The van der Waals surface area contributed by atoms with Crippen LogP contribution in [0.4, 0.5) is 19.4 Å². The molecule has 0 radical (unpaired) electrons. The Morgan fingerprint density at radius 2 is 1.88 bits per heavy atom. The van der Waals surface area contributed by atoms with Crippen molar-refractivity contribution in [1.29, 1.82) is 0 Å². The van der Waals surface area contributed by atoms with Crippen LogP contribution < -0.4 is 4.90 Å². The first-order valence-corrected chi connectivity index (χ1v) is 11.2. The van der Waals surface area contributed by atoms with E-state index in [1.807, 2.05) is 33.8 Å². The van der Waals surface area contributed by atoms with E-state index in [4.69, 9.17) is 4.74 Å². The van der Waals surface area contributed by atoms with Gasteiger partial charge in [0.1, 0.15) is 23.1 Å². The van der Waals surface area contributed by atoms with E-state index in [2.05, 4.69) is 25.8 Å². The topological polar surface area (TPSA) is 50.6 Å². The molecule has 1 aromatic carbocycles. The molecule has 1 unspecified atom stereocenters. The average molecular weight is 507 g/mol. The number of carbonyl (C=O) groups excluding carboxylic acids is 1. The van der Waals surface area contributed by atoms with Crippen LogP contribution in [-0.4, -0.2) is 51.8 Å². The number of fused-ring (bicyclic) bond motifs is 1. The van der Waals surface area contributed by atoms with Gasteiger partial charge < -0.3 is 19.1 Å². The maximum atomic E-state index is 13.8. The molecule has 1 aliphatic rings. The van der Waals surface area contributed by atoms with E-state index < -0.39 is 17.2 Å². The molecule has 170 valence electrons. The van der Waals surface area contributed by atoms with Crippen molar-refractivity contribution in [2.24, 2.45) is 0 Å². The fourth-order valence-electron chi connectivity index (χ4n) is 3.99. The summed E-state index contributed by atoms with van der Waals surface area (Å²) in [4.78, 5) is 21.0. The lowest BCUT2D eigenvalue weighted by Gasteiger charge is -2.40. The molecule has 32 heavy (non-hydrogen) atoms. The van der Waals surface area contributed by atoms with Gasteiger partial charge in [-0.15, -0.1) is 0 Å². The summed E-state index contributed by atoms with van der Waals surface area (Å²) >= 11 is 3.59. The van der Waals surface area contributed by atoms with E-state index in [0.29, 0.717) is 25.3 Å². The van der Waals surface area contributed by atoms with Crippen LogP contribution in [0.15, 0.2) is 41.1 Å². The van der Waals surface area contributed by atoms with E-state index in [1.54, 1.807) is 21.9 Å². The van der Waals surface area contributed by atoms with E-state index in [9.17, 15) is 13.6 Å². The molecule has 1 fully saturated rings. The number of pyridine rings is 1. The van der Waals surface area contributed by atoms with Crippen molar-refractivity contribution >= 4 is 38.7 Å². The first-order chi connectivity index (χ1) is 15.0. The van der Waals surface area contributed by atoms with Crippen LogP contribution in [0.1, 0.15) is 27.7 Å². The number of ether oxygens (including phenoxy) is 1. The number of rotatable bonds is 2. The van der Waals surface area contributed by atoms with Gasteiger partial charge in [-0.05, 0) is 61.8 Å². The number of benzene rings is 1. The molecule has 1 aliphatic heterocycles. The van der Waals surface area contributed by atoms with Gasteiger partial charge in [0.25, 0.3) is 0 Å². The third-order valence-electron chi connectivity index (χ3n) is 5.33. The van der Waals surface area contributed by atoms with Crippen LogP contribution in [0.5, 0.6) is 0 Å². The largest absolute Gasteiger partial charge is 0.444 e. The van der Waals surface area contributed by atoms with Gasteiger partial charge >= 0.3 is 6.09 Å². The van der Waals surface area contributed by atoms with Crippen molar-refractivity contribution in [3.8, 4) is 5.69 Å². The van der Waals surface area contributed by atoms with Crippen LogP contribution in [0.3, 0.4) is 0 Å². The van der Waals surface area contributed by atoms with Gasteiger partial charge in [-0.3, -0.25) is 0 Å². The normalized spacial score (nSPS) is 17.2. The highest BCUT2D eigenvalue weighted by Gasteiger charge is 2.32. The summed E-state index contributed by atoms with van der Waals surface area (Å²) in [5, 5.41) is 0.843. The minimum atomic E-state index is -0.639. The van der Waals surface area contributed by atoms with Gasteiger partial charge in [0, 0.05) is 48.6 Å². The van der Waals surface area contributed by atoms with Gasteiger partial charge in [0.05, 0.1) is 16.6 Å². The van der Waals surface area contributed by atoms with Crippen molar-refractivity contribution in [3.63, 3.8) is 0 Å². The second kappa shape index (κ2) is 8.35. The highest BCUT2D eigenvalue weighted by Crippen LogP contribution is 2.36. The number of hydrogen-bond acceptors (Lipinski definition) is 4. The molecule has 0 aliphatic carbocycles. The molecule has 0 saturated carbocycles. The van der Waals surface area contributed by atoms with Crippen molar-refractivity contribution in [1.82, 2.24) is 14.5 Å². The predicted octanol–water partition coefficient (Wildman–Crippen LogP) is 5.51. The van der Waals surface area contributed by atoms with Crippen molar-refractivity contribution in [2.75, 3.05) is 24.5 Å². The third-order valence-corrected chi connectivity index (χ3v) is 5.93. The van der Waals surface area contributed by atoms with Crippen molar-refractivity contribution < 1.29 is 18.3 Å². The van der Waals surface area contributed by atoms with Gasteiger partial charge in [-0.25, -0.2) is 18.6 Å². The molecule has 3 heterocycles. The van der Waals surface area contributed by atoms with Crippen LogP contribution in [0, 0.1) is 11.6 Å². The Bertz CT molecular complexity index is 1150. The zero-order chi connectivity index (χ0) is 23.2. The molecule has 4 rings (SSSR count). The van der Waals surface area contributed by atoms with Crippen LogP contribution in [0.25, 0.3) is 16.6 Å². The molecule has 9 heteroatoms. The maximum Gasteiger partial charge on any atom is 0.410 e. The van der Waals surface area contributed by atoms with E-state index in [0.717, 1.165) is 27.3 Å². The summed E-state index contributed by atoms with van der Waals surface area (Å²) in [7, 11) is 0. The SMILES string of the molecule is CC1CN(c2nccc3c2c(Br)cn3-c2cc(F)cc(F)c2)CCN1C(=O)OC(C)(C)C. The van der Waals surface area contributed by atoms with Gasteiger partial charge in [-0.1, -0.05) is 0 Å². The fourth-order valence-corrected chi connectivity index (χ4v) is 4.58. The summed E-state index contributed by atoms with van der Waals surface area (Å²) in [6.45, 7) is 9.20. The fraction of sp³-hybridized carbons (Fsp3) is 0.391. The third kappa shape index (κ3) is 4.44. The Morgan fingerprint density at radius 3 is 2.50 bits per heavy atom. The number of halogens is 3. The van der Waals surface area contributed by atoms with Crippen LogP contribution >= 0.6 is 15.9 Å². The summed E-state index contributed by atoms with van der Waals surface area (Å²) in [6.07, 6.45) is 3.14. The molecule has 3 aromatic rings. The number of anilines is 1. The van der Waals surface area contributed by atoms with E-state index in [-0.39, 0.29) is 12.1 Å². The van der Waals surface area contributed by atoms with E-state index >= 15 is 0 Å². The summed E-state index contributed by atoms with van der Waals surface area (Å²) in [5.74, 6) is -0.528. The number of nitrogens with zero attached hydrogens (tertiary/aromatic N) is 4. The first-order valence-electron chi connectivity index (χ1n) is 10.4. The Kier molecular flexibility index (Phi) is 5.87. The Balaban J connectivity index is 1.65. The maximum absolute atomic E-state index is 13.8. The lowest BCUT2D eigenvalue weighted by Crippen LogP contribution is -2.55. The zero-order valence-corrected chi connectivity index (χ0v) is 20.0. The molecule has 0 N–H and O–H groups in total. The van der Waals surface area contributed by atoms with E-state index in [1.165, 1.54) is 12.1 Å². The number of carbonyl (C=O) groups is 1. The summed E-state index contributed by atoms with van der Waals surface area (Å²) in [5.41, 5.74) is 0.609. The average Bonchev–Trinajstić information content (AvgIpc) is 3.03. The Hall–Kier alpha value is -2.68. The quantitative estimate of drug-likeness (QED) is 0.459. The lowest BCUT2D eigenvalue weighted by atomic mass is 10.1. The molecule has 0 bridgehead atoms. The Labute approximate surface area is 193 Å².